The largest absolute Gasteiger partial charge is 0.465 e. The molecule has 0 unspecified atom stereocenters. The Morgan fingerprint density at radius 2 is 2.00 bits per heavy atom. The van der Waals surface area contributed by atoms with E-state index in [0.717, 1.165) is 18.4 Å². The van der Waals surface area contributed by atoms with E-state index < -0.39 is 0 Å². The number of benzene rings is 1. The molecule has 0 amide bonds. The van der Waals surface area contributed by atoms with Crippen molar-refractivity contribution in [3.63, 3.8) is 0 Å². The van der Waals surface area contributed by atoms with Gasteiger partial charge in [0.2, 0.25) is 0 Å². The van der Waals surface area contributed by atoms with Crippen LogP contribution in [0.15, 0.2) is 24.3 Å². The predicted octanol–water partition coefficient (Wildman–Crippen LogP) is 2.76. The van der Waals surface area contributed by atoms with Crippen molar-refractivity contribution in [1.29, 1.82) is 0 Å². The lowest BCUT2D eigenvalue weighted by Gasteiger charge is -2.20. The van der Waals surface area contributed by atoms with Crippen molar-refractivity contribution in [2.24, 2.45) is 0 Å². The van der Waals surface area contributed by atoms with Crippen molar-refractivity contribution < 1.29 is 9.53 Å². The zero-order valence-corrected chi connectivity index (χ0v) is 8.46. The smallest absolute Gasteiger partial charge is 0.313 e. The molecule has 1 aliphatic rings. The zero-order valence-electron chi connectivity index (χ0n) is 7.70. The Bertz CT molecular complexity index is 332. The summed E-state index contributed by atoms with van der Waals surface area (Å²) in [6, 6.07) is 7.39. The van der Waals surface area contributed by atoms with Crippen LogP contribution in [0.1, 0.15) is 24.3 Å². The van der Waals surface area contributed by atoms with Gasteiger partial charge < -0.3 is 4.74 Å². The molecular formula is C11H11ClO2. The van der Waals surface area contributed by atoms with Crippen molar-refractivity contribution in [2.45, 2.75) is 18.8 Å². The standard InChI is InChI=1S/C11H11ClO2/c12-9-5-3-8(4-6-9)10-2-1-7-14-11(10)13/h3-6,10H,1-2,7H2/t10-/m1/s1. The number of cyclic esters (lactones) is 1. The van der Waals surface area contributed by atoms with Gasteiger partial charge >= 0.3 is 5.97 Å². The summed E-state index contributed by atoms with van der Waals surface area (Å²) in [7, 11) is 0. The summed E-state index contributed by atoms with van der Waals surface area (Å²) in [5.74, 6) is -0.209. The third-order valence-corrected chi connectivity index (χ3v) is 2.69. The lowest BCUT2D eigenvalue weighted by Crippen LogP contribution is -2.22. The third kappa shape index (κ3) is 1.90. The summed E-state index contributed by atoms with van der Waals surface area (Å²) in [5.41, 5.74) is 0.999. The molecular weight excluding hydrogens is 200 g/mol. The van der Waals surface area contributed by atoms with E-state index in [9.17, 15) is 4.79 Å². The minimum absolute atomic E-state index is 0.0963. The molecule has 3 heteroatoms. The second kappa shape index (κ2) is 4.01. The van der Waals surface area contributed by atoms with Crippen LogP contribution in [0.4, 0.5) is 0 Å². The summed E-state index contributed by atoms with van der Waals surface area (Å²) in [4.78, 5) is 11.4. The van der Waals surface area contributed by atoms with Gasteiger partial charge in [-0.05, 0) is 30.5 Å². The minimum Gasteiger partial charge on any atom is -0.465 e. The molecule has 0 aromatic heterocycles. The number of ether oxygens (including phenoxy) is 1. The van der Waals surface area contributed by atoms with Crippen molar-refractivity contribution in [3.8, 4) is 0 Å². The Kier molecular flexibility index (Phi) is 2.73. The fourth-order valence-corrected chi connectivity index (χ4v) is 1.80. The molecule has 0 radical (unpaired) electrons. The lowest BCUT2D eigenvalue weighted by atomic mass is 9.93. The van der Waals surface area contributed by atoms with E-state index in [0.29, 0.717) is 11.6 Å². The van der Waals surface area contributed by atoms with E-state index >= 15 is 0 Å². The fourth-order valence-electron chi connectivity index (χ4n) is 1.68. The Morgan fingerprint density at radius 3 is 2.64 bits per heavy atom. The molecule has 2 nitrogen and oxygen atoms in total. The second-order valence-corrected chi connectivity index (χ2v) is 3.85. The van der Waals surface area contributed by atoms with Crippen LogP contribution >= 0.6 is 11.6 Å². The van der Waals surface area contributed by atoms with E-state index in [2.05, 4.69) is 0 Å². The van der Waals surface area contributed by atoms with Gasteiger partial charge in [-0.2, -0.15) is 0 Å². The topological polar surface area (TPSA) is 26.3 Å². The van der Waals surface area contributed by atoms with Crippen molar-refractivity contribution in [2.75, 3.05) is 6.61 Å². The zero-order chi connectivity index (χ0) is 9.97. The van der Waals surface area contributed by atoms with Crippen LogP contribution in [-0.4, -0.2) is 12.6 Å². The van der Waals surface area contributed by atoms with E-state index in [1.54, 1.807) is 12.1 Å². The molecule has 0 spiro atoms. The van der Waals surface area contributed by atoms with Crippen LogP contribution in [0.2, 0.25) is 5.02 Å². The molecule has 1 aliphatic heterocycles. The summed E-state index contributed by atoms with van der Waals surface area (Å²) in [6.45, 7) is 0.558. The molecule has 0 bridgehead atoms. The van der Waals surface area contributed by atoms with E-state index in [-0.39, 0.29) is 11.9 Å². The maximum atomic E-state index is 11.4. The van der Waals surface area contributed by atoms with Crippen LogP contribution in [-0.2, 0) is 9.53 Å². The average Bonchev–Trinajstić information content (AvgIpc) is 2.20. The van der Waals surface area contributed by atoms with Crippen LogP contribution in [0, 0.1) is 0 Å². The second-order valence-electron chi connectivity index (χ2n) is 3.41. The van der Waals surface area contributed by atoms with Gasteiger partial charge in [0.1, 0.15) is 0 Å². The summed E-state index contributed by atoms with van der Waals surface area (Å²) in [5, 5.41) is 0.693. The van der Waals surface area contributed by atoms with Gasteiger partial charge in [0.25, 0.3) is 0 Å². The first-order valence-electron chi connectivity index (χ1n) is 4.69. The quantitative estimate of drug-likeness (QED) is 0.667. The highest BCUT2D eigenvalue weighted by Crippen LogP contribution is 2.27. The highest BCUT2D eigenvalue weighted by Gasteiger charge is 2.25. The van der Waals surface area contributed by atoms with Crippen molar-refractivity contribution in [3.05, 3.63) is 34.9 Å². The maximum absolute atomic E-state index is 11.4. The molecule has 1 saturated heterocycles. The Balaban J connectivity index is 2.20. The number of hydrogen-bond donors (Lipinski definition) is 0. The molecule has 0 saturated carbocycles. The fraction of sp³-hybridized carbons (Fsp3) is 0.364. The minimum atomic E-state index is -0.112. The summed E-state index contributed by atoms with van der Waals surface area (Å²) in [6.07, 6.45) is 1.82. The van der Waals surface area contributed by atoms with E-state index in [4.69, 9.17) is 16.3 Å². The van der Waals surface area contributed by atoms with Gasteiger partial charge in [-0.25, -0.2) is 0 Å². The van der Waals surface area contributed by atoms with Crippen LogP contribution in [0.25, 0.3) is 0 Å². The molecule has 0 N–H and O–H groups in total. The van der Waals surface area contributed by atoms with Gasteiger partial charge in [-0.3, -0.25) is 4.79 Å². The lowest BCUT2D eigenvalue weighted by molar-refractivity contribution is -0.149. The number of hydrogen-bond acceptors (Lipinski definition) is 2. The third-order valence-electron chi connectivity index (χ3n) is 2.44. The maximum Gasteiger partial charge on any atom is 0.313 e. The molecule has 1 aromatic rings. The molecule has 0 aliphatic carbocycles. The number of halogens is 1. The monoisotopic (exact) mass is 210 g/mol. The molecule has 1 atom stereocenters. The number of carbonyl (C=O) groups is 1. The SMILES string of the molecule is O=C1OCCC[C@@H]1c1ccc(Cl)cc1. The highest BCUT2D eigenvalue weighted by atomic mass is 35.5. The Labute approximate surface area is 87.8 Å². The average molecular weight is 211 g/mol. The van der Waals surface area contributed by atoms with Crippen molar-refractivity contribution in [1.82, 2.24) is 0 Å². The van der Waals surface area contributed by atoms with E-state index in [1.165, 1.54) is 0 Å². The van der Waals surface area contributed by atoms with Crippen LogP contribution < -0.4 is 0 Å². The Morgan fingerprint density at radius 1 is 1.29 bits per heavy atom. The van der Waals surface area contributed by atoms with Crippen LogP contribution in [0.3, 0.4) is 0 Å². The number of esters is 1. The predicted molar refractivity (Wildman–Crippen MR) is 54.4 cm³/mol. The molecule has 1 aromatic carbocycles. The van der Waals surface area contributed by atoms with Gasteiger partial charge in [-0.15, -0.1) is 0 Å². The molecule has 74 valence electrons. The van der Waals surface area contributed by atoms with Gasteiger partial charge in [0.05, 0.1) is 12.5 Å². The highest BCUT2D eigenvalue weighted by molar-refractivity contribution is 6.30. The van der Waals surface area contributed by atoms with Gasteiger partial charge in [0.15, 0.2) is 0 Å². The molecule has 1 fully saturated rings. The van der Waals surface area contributed by atoms with Crippen molar-refractivity contribution >= 4 is 17.6 Å². The molecule has 1 heterocycles. The molecule has 2 rings (SSSR count). The normalized spacial score (nSPS) is 21.8. The summed E-state index contributed by atoms with van der Waals surface area (Å²) < 4.78 is 5.00. The van der Waals surface area contributed by atoms with E-state index in [1.807, 2.05) is 12.1 Å². The Hall–Kier alpha value is -1.02. The molecule has 14 heavy (non-hydrogen) atoms. The summed E-state index contributed by atoms with van der Waals surface area (Å²) >= 11 is 5.77. The number of rotatable bonds is 1. The first-order valence-corrected chi connectivity index (χ1v) is 5.07. The first kappa shape index (κ1) is 9.53. The number of carbonyl (C=O) groups excluding carboxylic acids is 1. The van der Waals surface area contributed by atoms with Gasteiger partial charge in [0, 0.05) is 5.02 Å². The van der Waals surface area contributed by atoms with Crippen LogP contribution in [0.5, 0.6) is 0 Å². The first-order chi connectivity index (χ1) is 6.77. The van der Waals surface area contributed by atoms with Gasteiger partial charge in [-0.1, -0.05) is 23.7 Å².